The average molecular weight is 246 g/mol. The zero-order chi connectivity index (χ0) is 12.8. The minimum Gasteiger partial charge on any atom is -0.351 e. The Bertz CT molecular complexity index is 397. The summed E-state index contributed by atoms with van der Waals surface area (Å²) in [6, 6.07) is 8.69. The minimum absolute atomic E-state index is 0.0881. The first kappa shape index (κ1) is 13.1. The first-order chi connectivity index (χ1) is 8.75. The van der Waals surface area contributed by atoms with Crippen molar-refractivity contribution >= 4 is 5.91 Å². The van der Waals surface area contributed by atoms with Crippen molar-refractivity contribution in [2.45, 2.75) is 45.2 Å². The van der Waals surface area contributed by atoms with Crippen molar-refractivity contribution in [3.63, 3.8) is 0 Å². The van der Waals surface area contributed by atoms with Gasteiger partial charge in [0.05, 0.1) is 6.54 Å². The molecule has 0 aromatic heterocycles. The van der Waals surface area contributed by atoms with Gasteiger partial charge in [-0.3, -0.25) is 4.79 Å². The summed E-state index contributed by atoms with van der Waals surface area (Å²) in [6.07, 6.45) is 5.02. The third-order valence-electron chi connectivity index (χ3n) is 3.64. The summed E-state index contributed by atoms with van der Waals surface area (Å²) in [5.41, 5.74) is 2.41. The number of aryl methyl sites for hydroxylation is 1. The number of benzene rings is 1. The third kappa shape index (κ3) is 3.84. The van der Waals surface area contributed by atoms with Crippen LogP contribution in [0.2, 0.25) is 0 Å². The first-order valence-electron chi connectivity index (χ1n) is 6.80. The summed E-state index contributed by atoms with van der Waals surface area (Å²) in [5, 5.41) is 6.28. The fraction of sp³-hybridized carbons (Fsp3) is 0.533. The molecule has 3 nitrogen and oxygen atoms in total. The molecule has 18 heavy (non-hydrogen) atoms. The monoisotopic (exact) mass is 246 g/mol. The van der Waals surface area contributed by atoms with Crippen molar-refractivity contribution in [1.82, 2.24) is 10.6 Å². The normalized spacial score (nSPS) is 15.8. The van der Waals surface area contributed by atoms with Gasteiger partial charge in [-0.1, -0.05) is 37.1 Å². The van der Waals surface area contributed by atoms with Crippen molar-refractivity contribution in [2.24, 2.45) is 0 Å². The maximum Gasteiger partial charge on any atom is 0.234 e. The van der Waals surface area contributed by atoms with E-state index in [4.69, 9.17) is 0 Å². The van der Waals surface area contributed by atoms with Crippen LogP contribution in [0.15, 0.2) is 24.3 Å². The highest BCUT2D eigenvalue weighted by molar-refractivity contribution is 5.78. The van der Waals surface area contributed by atoms with Gasteiger partial charge in [-0.05, 0) is 30.9 Å². The van der Waals surface area contributed by atoms with E-state index < -0.39 is 0 Å². The topological polar surface area (TPSA) is 41.1 Å². The molecule has 1 aromatic carbocycles. The molecule has 0 saturated heterocycles. The molecule has 1 amide bonds. The third-order valence-corrected chi connectivity index (χ3v) is 3.64. The molecule has 0 heterocycles. The van der Waals surface area contributed by atoms with Gasteiger partial charge in [0.25, 0.3) is 0 Å². The maximum absolute atomic E-state index is 11.7. The quantitative estimate of drug-likeness (QED) is 0.835. The van der Waals surface area contributed by atoms with E-state index in [1.54, 1.807) is 0 Å². The lowest BCUT2D eigenvalue weighted by Crippen LogP contribution is -2.37. The van der Waals surface area contributed by atoms with Crippen molar-refractivity contribution < 1.29 is 4.79 Å². The van der Waals surface area contributed by atoms with Crippen molar-refractivity contribution in [1.29, 1.82) is 0 Å². The van der Waals surface area contributed by atoms with Gasteiger partial charge in [-0.15, -0.1) is 0 Å². The van der Waals surface area contributed by atoms with Gasteiger partial charge in [0, 0.05) is 12.6 Å². The summed E-state index contributed by atoms with van der Waals surface area (Å²) in [6.45, 7) is 3.13. The highest BCUT2D eigenvalue weighted by Crippen LogP contribution is 2.17. The predicted molar refractivity (Wildman–Crippen MR) is 73.3 cm³/mol. The van der Waals surface area contributed by atoms with E-state index >= 15 is 0 Å². The van der Waals surface area contributed by atoms with E-state index in [1.165, 1.54) is 36.8 Å². The van der Waals surface area contributed by atoms with Crippen LogP contribution in [-0.2, 0) is 11.3 Å². The molecule has 1 fully saturated rings. The Morgan fingerprint density at radius 3 is 2.72 bits per heavy atom. The van der Waals surface area contributed by atoms with E-state index in [9.17, 15) is 4.79 Å². The second-order valence-corrected chi connectivity index (χ2v) is 5.07. The zero-order valence-corrected chi connectivity index (χ0v) is 11.0. The van der Waals surface area contributed by atoms with Gasteiger partial charge < -0.3 is 10.6 Å². The van der Waals surface area contributed by atoms with Gasteiger partial charge in [-0.25, -0.2) is 0 Å². The Hall–Kier alpha value is -1.35. The molecule has 0 atom stereocenters. The van der Waals surface area contributed by atoms with E-state index in [0.717, 1.165) is 0 Å². The van der Waals surface area contributed by atoms with Crippen molar-refractivity contribution in [3.05, 3.63) is 35.4 Å². The zero-order valence-electron chi connectivity index (χ0n) is 11.0. The second-order valence-electron chi connectivity index (χ2n) is 5.07. The molecule has 0 aliphatic heterocycles. The summed E-state index contributed by atoms with van der Waals surface area (Å²) >= 11 is 0. The van der Waals surface area contributed by atoms with Gasteiger partial charge in [0.15, 0.2) is 0 Å². The van der Waals surface area contributed by atoms with Crippen LogP contribution >= 0.6 is 0 Å². The highest BCUT2D eigenvalue weighted by atomic mass is 16.1. The van der Waals surface area contributed by atoms with Crippen molar-refractivity contribution in [3.8, 4) is 0 Å². The number of nitrogens with one attached hydrogen (secondary N) is 2. The summed E-state index contributed by atoms with van der Waals surface area (Å²) < 4.78 is 0. The molecule has 1 saturated carbocycles. The van der Waals surface area contributed by atoms with E-state index in [0.29, 0.717) is 19.1 Å². The van der Waals surface area contributed by atoms with Crippen LogP contribution in [-0.4, -0.2) is 18.5 Å². The molecule has 1 aliphatic rings. The SMILES string of the molecule is Cc1ccccc1CNC(=O)CNC1CCCC1. The van der Waals surface area contributed by atoms with Crippen LogP contribution in [0.1, 0.15) is 36.8 Å². The fourth-order valence-corrected chi connectivity index (χ4v) is 2.43. The molecule has 98 valence electrons. The Balaban J connectivity index is 1.69. The number of hydrogen-bond acceptors (Lipinski definition) is 2. The lowest BCUT2D eigenvalue weighted by Gasteiger charge is -2.12. The average Bonchev–Trinajstić information content (AvgIpc) is 2.88. The summed E-state index contributed by atoms with van der Waals surface area (Å²) in [7, 11) is 0. The van der Waals surface area contributed by atoms with Gasteiger partial charge in [0.2, 0.25) is 5.91 Å². The van der Waals surface area contributed by atoms with Crippen LogP contribution in [0.3, 0.4) is 0 Å². The van der Waals surface area contributed by atoms with Gasteiger partial charge in [0.1, 0.15) is 0 Å². The molecule has 3 heteroatoms. The first-order valence-corrected chi connectivity index (χ1v) is 6.80. The lowest BCUT2D eigenvalue weighted by atomic mass is 10.1. The molecule has 0 spiro atoms. The summed E-state index contributed by atoms with van der Waals surface area (Å²) in [4.78, 5) is 11.7. The molecule has 2 N–H and O–H groups in total. The molecule has 0 unspecified atom stereocenters. The maximum atomic E-state index is 11.7. The molecule has 1 aliphatic carbocycles. The summed E-state index contributed by atoms with van der Waals surface area (Å²) in [5.74, 6) is 0.0881. The number of rotatable bonds is 5. The molecule has 2 rings (SSSR count). The van der Waals surface area contributed by atoms with Crippen LogP contribution in [0.25, 0.3) is 0 Å². The number of hydrogen-bond donors (Lipinski definition) is 2. The van der Waals surface area contributed by atoms with Crippen molar-refractivity contribution in [2.75, 3.05) is 6.54 Å². The fourth-order valence-electron chi connectivity index (χ4n) is 2.43. The Labute approximate surface area is 109 Å². The number of carbonyl (C=O) groups excluding carboxylic acids is 1. The standard InChI is InChI=1S/C15H22N2O/c1-12-6-2-3-7-13(12)10-17-15(18)11-16-14-8-4-5-9-14/h2-3,6-7,14,16H,4-5,8-11H2,1H3,(H,17,18). The lowest BCUT2D eigenvalue weighted by molar-refractivity contribution is -0.120. The smallest absolute Gasteiger partial charge is 0.234 e. The Morgan fingerprint density at radius 2 is 2.00 bits per heavy atom. The molecular weight excluding hydrogens is 224 g/mol. The van der Waals surface area contributed by atoms with Crippen LogP contribution < -0.4 is 10.6 Å². The molecular formula is C15H22N2O. The van der Waals surface area contributed by atoms with Crippen LogP contribution in [0.4, 0.5) is 0 Å². The predicted octanol–water partition coefficient (Wildman–Crippen LogP) is 2.14. The van der Waals surface area contributed by atoms with Gasteiger partial charge in [-0.2, -0.15) is 0 Å². The minimum atomic E-state index is 0.0881. The van der Waals surface area contributed by atoms with Crippen LogP contribution in [0.5, 0.6) is 0 Å². The number of carbonyl (C=O) groups is 1. The number of amides is 1. The highest BCUT2D eigenvalue weighted by Gasteiger charge is 2.15. The molecule has 1 aromatic rings. The molecule has 0 bridgehead atoms. The second kappa shape index (κ2) is 6.55. The Kier molecular flexibility index (Phi) is 4.76. The van der Waals surface area contributed by atoms with E-state index in [2.05, 4.69) is 29.7 Å². The van der Waals surface area contributed by atoms with Crippen LogP contribution in [0, 0.1) is 6.92 Å². The van der Waals surface area contributed by atoms with E-state index in [-0.39, 0.29) is 5.91 Å². The Morgan fingerprint density at radius 1 is 1.28 bits per heavy atom. The van der Waals surface area contributed by atoms with Gasteiger partial charge >= 0.3 is 0 Å². The van der Waals surface area contributed by atoms with E-state index in [1.807, 2.05) is 12.1 Å². The molecule has 0 radical (unpaired) electrons. The largest absolute Gasteiger partial charge is 0.351 e.